The number of aromatic nitrogens is 1. The van der Waals surface area contributed by atoms with Crippen molar-refractivity contribution in [1.29, 1.82) is 0 Å². The van der Waals surface area contributed by atoms with E-state index in [0.29, 0.717) is 5.13 Å². The molecule has 0 aliphatic heterocycles. The second-order valence-electron chi connectivity index (χ2n) is 9.67. The van der Waals surface area contributed by atoms with Crippen molar-refractivity contribution in [2.24, 2.45) is 5.16 Å². The Morgan fingerprint density at radius 3 is 1.90 bits per heavy atom. The number of nitrogens with one attached hydrogen (secondary N) is 1. The van der Waals surface area contributed by atoms with Gasteiger partial charge < -0.3 is 15.3 Å². The van der Waals surface area contributed by atoms with Gasteiger partial charge in [-0.15, -0.1) is 11.3 Å². The first kappa shape index (κ1) is 26.9. The number of carboxylic acids is 1. The Morgan fingerprint density at radius 2 is 1.31 bits per heavy atom. The summed E-state index contributed by atoms with van der Waals surface area (Å²) in [6.45, 7) is 0.131. The summed E-state index contributed by atoms with van der Waals surface area (Å²) in [5.41, 5.74) is 3.14. The van der Waals surface area contributed by atoms with Crippen LogP contribution in [0.5, 0.6) is 0 Å². The molecule has 6 aromatic rings. The molecule has 0 saturated carbocycles. The number of benzene rings is 5. The van der Waals surface area contributed by atoms with Crippen LogP contribution in [0.3, 0.4) is 0 Å². The number of carboxylic acid groups (broad SMARTS) is 1. The number of hydrogen-bond donors (Lipinski definition) is 2. The first-order chi connectivity index (χ1) is 20.6. The van der Waals surface area contributed by atoms with Crippen LogP contribution in [0.25, 0.3) is 10.8 Å². The number of oxime groups is 1. The third kappa shape index (κ3) is 5.38. The van der Waals surface area contributed by atoms with Gasteiger partial charge in [0.1, 0.15) is 17.8 Å². The maximum absolute atomic E-state index is 12.2. The predicted molar refractivity (Wildman–Crippen MR) is 168 cm³/mol. The summed E-state index contributed by atoms with van der Waals surface area (Å²) in [4.78, 5) is 22.5. The Bertz CT molecular complexity index is 1740. The molecular formula is C35H27N3O3S. The number of fused-ring (bicyclic) bond motifs is 1. The average Bonchev–Trinajstić information content (AvgIpc) is 3.51. The van der Waals surface area contributed by atoms with Gasteiger partial charge in [0.05, 0.1) is 0 Å². The van der Waals surface area contributed by atoms with Crippen LogP contribution in [0.1, 0.15) is 27.9 Å². The van der Waals surface area contributed by atoms with E-state index in [4.69, 9.17) is 4.84 Å². The van der Waals surface area contributed by atoms with Gasteiger partial charge in [-0.3, -0.25) is 0 Å². The van der Waals surface area contributed by atoms with Gasteiger partial charge in [0.15, 0.2) is 5.13 Å². The maximum Gasteiger partial charge on any atom is 0.360 e. The summed E-state index contributed by atoms with van der Waals surface area (Å²) >= 11 is 1.32. The second kappa shape index (κ2) is 12.1. The molecule has 7 heteroatoms. The summed E-state index contributed by atoms with van der Waals surface area (Å²) in [5.74, 6) is -1.22. The van der Waals surface area contributed by atoms with Gasteiger partial charge in [0, 0.05) is 5.38 Å². The molecule has 6 rings (SSSR count). The molecule has 1 heterocycles. The van der Waals surface area contributed by atoms with Crippen molar-refractivity contribution in [3.63, 3.8) is 0 Å². The number of thiazole rings is 1. The van der Waals surface area contributed by atoms with Crippen LogP contribution < -0.4 is 5.32 Å². The molecule has 0 unspecified atom stereocenters. The minimum Gasteiger partial charge on any atom is -0.476 e. The van der Waals surface area contributed by atoms with E-state index in [1.165, 1.54) is 11.3 Å². The molecule has 6 nitrogen and oxygen atoms in total. The van der Waals surface area contributed by atoms with Crippen LogP contribution in [0.2, 0.25) is 0 Å². The molecule has 0 radical (unpaired) electrons. The third-order valence-corrected chi connectivity index (χ3v) is 7.88. The molecule has 0 fully saturated rings. The van der Waals surface area contributed by atoms with Gasteiger partial charge in [0.2, 0.25) is 5.71 Å². The number of aliphatic carboxylic acids is 1. The van der Waals surface area contributed by atoms with Crippen LogP contribution in [0, 0.1) is 0 Å². The largest absolute Gasteiger partial charge is 0.476 e. The Hall–Kier alpha value is -5.27. The summed E-state index contributed by atoms with van der Waals surface area (Å²) in [6, 6.07) is 44.3. The minimum absolute atomic E-state index is 0.131. The van der Waals surface area contributed by atoms with Crippen molar-refractivity contribution in [1.82, 2.24) is 4.98 Å². The molecule has 1 aromatic heterocycles. The Balaban J connectivity index is 1.35. The zero-order valence-electron chi connectivity index (χ0n) is 22.6. The fourth-order valence-corrected chi connectivity index (χ4v) is 5.91. The van der Waals surface area contributed by atoms with E-state index in [9.17, 15) is 9.90 Å². The standard InChI is InChI=1S/C35H27N3O3S/c39-33(40)32(38-41-23-26-15-12-14-25-13-10-11-22-30(25)26)31-24-42-34(36-31)37-35(27-16-4-1-5-17-27,28-18-6-2-7-19-28)29-20-8-3-9-21-29/h1-22,24H,23H2,(H,36,37)(H,39,40)/b38-32-. The van der Waals surface area contributed by atoms with Gasteiger partial charge in [-0.05, 0) is 33.0 Å². The van der Waals surface area contributed by atoms with Crippen molar-refractivity contribution >= 4 is 38.9 Å². The highest BCUT2D eigenvalue weighted by Gasteiger charge is 2.37. The van der Waals surface area contributed by atoms with Gasteiger partial charge in [0.25, 0.3) is 0 Å². The van der Waals surface area contributed by atoms with Crippen LogP contribution in [0.4, 0.5) is 5.13 Å². The van der Waals surface area contributed by atoms with Crippen molar-refractivity contribution in [2.45, 2.75) is 12.1 Å². The normalized spacial score (nSPS) is 11.8. The topological polar surface area (TPSA) is 83.8 Å². The molecule has 0 aliphatic carbocycles. The highest BCUT2D eigenvalue weighted by atomic mass is 32.1. The molecule has 0 bridgehead atoms. The molecule has 0 amide bonds. The lowest BCUT2D eigenvalue weighted by atomic mass is 9.77. The molecule has 0 spiro atoms. The molecule has 42 heavy (non-hydrogen) atoms. The first-order valence-electron chi connectivity index (χ1n) is 13.5. The van der Waals surface area contributed by atoms with Gasteiger partial charge in [-0.2, -0.15) is 0 Å². The number of hydrogen-bond acceptors (Lipinski definition) is 6. The van der Waals surface area contributed by atoms with Crippen LogP contribution >= 0.6 is 11.3 Å². The van der Waals surface area contributed by atoms with E-state index in [2.05, 4.69) is 51.9 Å². The van der Waals surface area contributed by atoms with Gasteiger partial charge in [-0.1, -0.05) is 139 Å². The SMILES string of the molecule is O=C(O)/C(=N\OCc1cccc2ccccc12)c1csc(NC(c2ccccc2)(c2ccccc2)c2ccccc2)n1. The number of anilines is 1. The van der Waals surface area contributed by atoms with E-state index in [1.54, 1.807) is 5.38 Å². The molecular weight excluding hydrogens is 542 g/mol. The predicted octanol–water partition coefficient (Wildman–Crippen LogP) is 7.71. The molecule has 0 saturated heterocycles. The lowest BCUT2D eigenvalue weighted by Gasteiger charge is -2.36. The second-order valence-corrected chi connectivity index (χ2v) is 10.5. The van der Waals surface area contributed by atoms with E-state index in [1.807, 2.05) is 97.1 Å². The van der Waals surface area contributed by atoms with Crippen LogP contribution in [-0.2, 0) is 21.8 Å². The Kier molecular flexibility index (Phi) is 7.74. The first-order valence-corrected chi connectivity index (χ1v) is 14.3. The van der Waals surface area contributed by atoms with Crippen molar-refractivity contribution < 1.29 is 14.7 Å². The van der Waals surface area contributed by atoms with Gasteiger partial charge in [-0.25, -0.2) is 9.78 Å². The van der Waals surface area contributed by atoms with Crippen molar-refractivity contribution in [3.8, 4) is 0 Å². The van der Waals surface area contributed by atoms with Crippen LogP contribution in [0.15, 0.2) is 144 Å². The smallest absolute Gasteiger partial charge is 0.360 e. The van der Waals surface area contributed by atoms with E-state index in [0.717, 1.165) is 33.0 Å². The lowest BCUT2D eigenvalue weighted by molar-refractivity contribution is -0.129. The number of carbonyl (C=O) groups is 1. The number of rotatable bonds is 10. The van der Waals surface area contributed by atoms with E-state index >= 15 is 0 Å². The lowest BCUT2D eigenvalue weighted by Crippen LogP contribution is -2.38. The summed E-state index contributed by atoms with van der Waals surface area (Å²) in [6.07, 6.45) is 0. The number of nitrogens with zero attached hydrogens (tertiary/aromatic N) is 2. The molecule has 0 aliphatic rings. The molecule has 5 aromatic carbocycles. The van der Waals surface area contributed by atoms with E-state index in [-0.39, 0.29) is 18.0 Å². The highest BCUT2D eigenvalue weighted by Crippen LogP contribution is 2.40. The van der Waals surface area contributed by atoms with Crippen molar-refractivity contribution in [2.75, 3.05) is 5.32 Å². The quantitative estimate of drug-likeness (QED) is 0.100. The molecule has 2 N–H and O–H groups in total. The van der Waals surface area contributed by atoms with Gasteiger partial charge >= 0.3 is 5.97 Å². The average molecular weight is 570 g/mol. The minimum atomic E-state index is -1.22. The summed E-state index contributed by atoms with van der Waals surface area (Å²) in [7, 11) is 0. The fourth-order valence-electron chi connectivity index (χ4n) is 5.16. The zero-order chi connectivity index (χ0) is 28.8. The monoisotopic (exact) mass is 569 g/mol. The van der Waals surface area contributed by atoms with Crippen LogP contribution in [-0.4, -0.2) is 21.8 Å². The zero-order valence-corrected chi connectivity index (χ0v) is 23.4. The fraction of sp³-hybridized carbons (Fsp3) is 0.0571. The maximum atomic E-state index is 12.2. The highest BCUT2D eigenvalue weighted by molar-refractivity contribution is 7.14. The molecule has 0 atom stereocenters. The molecule has 206 valence electrons. The van der Waals surface area contributed by atoms with E-state index < -0.39 is 11.5 Å². The Labute approximate surface area is 247 Å². The Morgan fingerprint density at radius 1 is 0.762 bits per heavy atom. The summed E-state index contributed by atoms with van der Waals surface area (Å²) in [5, 5.41) is 22.0. The summed E-state index contributed by atoms with van der Waals surface area (Å²) < 4.78 is 0. The van der Waals surface area contributed by atoms with Crippen molar-refractivity contribution in [3.05, 3.63) is 167 Å². The third-order valence-electron chi connectivity index (χ3n) is 7.12.